The fraction of sp³-hybridized carbons (Fsp3) is 0.800. The van der Waals surface area contributed by atoms with Gasteiger partial charge in [-0.1, -0.05) is 13.8 Å². The molecule has 0 aromatic carbocycles. The Bertz CT molecular complexity index is 199. The Morgan fingerprint density at radius 2 is 1.73 bits per heavy atom. The maximum absolute atomic E-state index is 11.0. The summed E-state index contributed by atoms with van der Waals surface area (Å²) in [5, 5.41) is 2.38. The van der Waals surface area contributed by atoms with Crippen LogP contribution in [0.1, 0.15) is 29.1 Å². The van der Waals surface area contributed by atoms with E-state index in [1.165, 1.54) is 21.1 Å². The van der Waals surface area contributed by atoms with Crippen molar-refractivity contribution in [3.63, 3.8) is 0 Å². The highest BCUT2D eigenvalue weighted by molar-refractivity contribution is 5.85. The lowest BCUT2D eigenvalue weighted by Gasteiger charge is -2.20. The predicted molar refractivity (Wildman–Crippen MR) is 59.9 cm³/mol. The second kappa shape index (κ2) is 9.45. The van der Waals surface area contributed by atoms with Crippen molar-refractivity contribution in [3.8, 4) is 0 Å². The minimum Gasteiger partial charge on any atom is -0.453 e. The highest BCUT2D eigenvalue weighted by Crippen LogP contribution is 1.99. The summed E-state index contributed by atoms with van der Waals surface area (Å²) >= 11 is 0. The molecule has 1 unspecified atom stereocenters. The molecule has 1 N–H and O–H groups in total. The normalized spacial score (nSPS) is 12.9. The topological polar surface area (TPSA) is 64.6 Å². The average molecular weight is 221 g/mol. The summed E-state index contributed by atoms with van der Waals surface area (Å²) in [6, 6.07) is -0.655. The molecule has 0 aromatic heterocycles. The van der Waals surface area contributed by atoms with Gasteiger partial charge in [0.1, 0.15) is 6.04 Å². The van der Waals surface area contributed by atoms with E-state index < -0.39 is 12.1 Å². The third-order valence-electron chi connectivity index (χ3n) is 1.74. The average Bonchev–Trinajstić information content (AvgIpc) is 2.26. The van der Waals surface area contributed by atoms with E-state index in [9.17, 15) is 9.59 Å². The Hall–Kier alpha value is -1.10. The van der Waals surface area contributed by atoms with Crippen LogP contribution in [0.3, 0.4) is 0 Å². The quantitative estimate of drug-likeness (QED) is 0.783. The van der Waals surface area contributed by atoms with E-state index in [0.717, 1.165) is 0 Å². The Labute approximate surface area is 92.6 Å². The van der Waals surface area contributed by atoms with Crippen LogP contribution in [0.25, 0.3) is 0 Å². The van der Waals surface area contributed by atoms with E-state index in [2.05, 4.69) is 10.1 Å². The largest absolute Gasteiger partial charge is 0.453 e. The van der Waals surface area contributed by atoms with Gasteiger partial charge in [0.2, 0.25) is 0 Å². The Balaban J connectivity index is -0.000000529. The first kappa shape index (κ1) is 16.3. The second-order valence-corrected chi connectivity index (χ2v) is 2.67. The van der Waals surface area contributed by atoms with E-state index in [1.54, 1.807) is 6.92 Å². The van der Waals surface area contributed by atoms with Crippen LogP contribution < -0.4 is 5.32 Å². The molecule has 0 aromatic rings. The van der Waals surface area contributed by atoms with Gasteiger partial charge in [0.05, 0.1) is 13.2 Å². The number of Topliss-reactive ketones (excluding diaryl/α,β-unsaturated/α-hetero) is 1. The van der Waals surface area contributed by atoms with Crippen LogP contribution in [0, 0.1) is 0 Å². The summed E-state index contributed by atoms with van der Waals surface area (Å²) in [7, 11) is 2.71. The molecular weight excluding hydrogens is 198 g/mol. The predicted octanol–water partition coefficient (Wildman–Crippen LogP) is 1.61. The summed E-state index contributed by atoms with van der Waals surface area (Å²) in [6.07, 6.45) is -0.999. The smallest absolute Gasteiger partial charge is 0.407 e. The first-order valence-corrected chi connectivity index (χ1v) is 4.90. The lowest BCUT2D eigenvalue weighted by atomic mass is 10.1. The van der Waals surface area contributed by atoms with Crippen molar-refractivity contribution in [2.45, 2.75) is 39.8 Å². The van der Waals surface area contributed by atoms with Gasteiger partial charge in [-0.05, 0) is 13.8 Å². The standard InChI is InChI=1S/C8H15NO4.C2H6.H2/c1-5(10)7(6(2)12-3)9-8(11)13-4;1-2;/h6-7H,1-4H3,(H,9,11);1-2H3;1H/t6?,7-;;/m1../s1. The van der Waals surface area contributed by atoms with Gasteiger partial charge in [-0.15, -0.1) is 0 Å². The molecule has 0 heterocycles. The molecule has 0 radical (unpaired) electrons. The van der Waals surface area contributed by atoms with Gasteiger partial charge in [-0.25, -0.2) is 4.79 Å². The minimum atomic E-state index is -0.655. The molecule has 0 aliphatic rings. The van der Waals surface area contributed by atoms with Crippen LogP contribution in [0.2, 0.25) is 0 Å². The number of carbonyl (C=O) groups is 2. The zero-order valence-corrected chi connectivity index (χ0v) is 10.3. The van der Waals surface area contributed by atoms with Crippen LogP contribution in [-0.4, -0.2) is 38.2 Å². The van der Waals surface area contributed by atoms with Crippen LogP contribution >= 0.6 is 0 Å². The van der Waals surface area contributed by atoms with Crippen LogP contribution in [0.4, 0.5) is 4.79 Å². The van der Waals surface area contributed by atoms with Gasteiger partial charge in [0, 0.05) is 8.54 Å². The number of hydrogen-bond donors (Lipinski definition) is 1. The molecule has 0 saturated heterocycles. The lowest BCUT2D eigenvalue weighted by molar-refractivity contribution is -0.121. The third kappa shape index (κ3) is 6.90. The minimum absolute atomic E-state index is 0. The van der Waals surface area contributed by atoms with Crippen molar-refractivity contribution in [1.29, 1.82) is 0 Å². The SMILES string of the molecule is CC.COC(=O)N[C@H](C(C)=O)C(C)OC.[HH]. The van der Waals surface area contributed by atoms with Gasteiger partial charge in [0.15, 0.2) is 5.78 Å². The Morgan fingerprint density at radius 3 is 2.00 bits per heavy atom. The summed E-state index contributed by atoms with van der Waals surface area (Å²) in [5.41, 5.74) is 0. The molecule has 0 spiro atoms. The molecule has 0 aliphatic heterocycles. The van der Waals surface area contributed by atoms with Crippen LogP contribution in [-0.2, 0) is 14.3 Å². The van der Waals surface area contributed by atoms with Gasteiger partial charge >= 0.3 is 6.09 Å². The Morgan fingerprint density at radius 1 is 1.27 bits per heavy atom. The van der Waals surface area contributed by atoms with Crippen molar-refractivity contribution < 1.29 is 20.5 Å². The number of methoxy groups -OCH3 is 2. The zero-order valence-electron chi connectivity index (χ0n) is 10.3. The lowest BCUT2D eigenvalue weighted by Crippen LogP contribution is -2.47. The third-order valence-corrected chi connectivity index (χ3v) is 1.74. The number of rotatable bonds is 4. The molecule has 92 valence electrons. The zero-order chi connectivity index (χ0) is 12.4. The van der Waals surface area contributed by atoms with E-state index >= 15 is 0 Å². The molecule has 5 nitrogen and oxygen atoms in total. The van der Waals surface area contributed by atoms with Crippen LogP contribution in [0.15, 0.2) is 0 Å². The second-order valence-electron chi connectivity index (χ2n) is 2.67. The number of ketones is 1. The van der Waals surface area contributed by atoms with E-state index in [0.29, 0.717) is 0 Å². The van der Waals surface area contributed by atoms with Crippen molar-refractivity contribution in [2.75, 3.05) is 14.2 Å². The Kier molecular flexibility index (Phi) is 10.3. The van der Waals surface area contributed by atoms with Gasteiger partial charge in [-0.2, -0.15) is 0 Å². The van der Waals surface area contributed by atoms with E-state index in [4.69, 9.17) is 4.74 Å². The summed E-state index contributed by atoms with van der Waals surface area (Å²) in [6.45, 7) is 7.08. The number of nitrogens with one attached hydrogen (secondary N) is 1. The molecule has 15 heavy (non-hydrogen) atoms. The molecule has 0 saturated carbocycles. The summed E-state index contributed by atoms with van der Waals surface area (Å²) < 4.78 is 9.30. The van der Waals surface area contributed by atoms with Crippen molar-refractivity contribution in [3.05, 3.63) is 0 Å². The number of carbonyl (C=O) groups excluding carboxylic acids is 2. The molecule has 0 bridgehead atoms. The molecule has 0 rings (SSSR count). The number of hydrogen-bond acceptors (Lipinski definition) is 4. The van der Waals surface area contributed by atoms with Gasteiger partial charge in [-0.3, -0.25) is 4.79 Å². The number of ether oxygens (including phenoxy) is 2. The molecule has 1 amide bonds. The summed E-state index contributed by atoms with van der Waals surface area (Å²) in [5.74, 6) is -0.167. The van der Waals surface area contributed by atoms with Gasteiger partial charge in [0.25, 0.3) is 0 Å². The number of alkyl carbamates (subject to hydrolysis) is 1. The number of amides is 1. The molecule has 2 atom stereocenters. The molecule has 0 fully saturated rings. The fourth-order valence-corrected chi connectivity index (χ4v) is 0.871. The van der Waals surface area contributed by atoms with Crippen molar-refractivity contribution >= 4 is 11.9 Å². The van der Waals surface area contributed by atoms with E-state index in [1.807, 2.05) is 13.8 Å². The summed E-state index contributed by atoms with van der Waals surface area (Å²) in [4.78, 5) is 21.9. The first-order valence-electron chi connectivity index (χ1n) is 4.90. The van der Waals surface area contributed by atoms with Crippen LogP contribution in [0.5, 0.6) is 0 Å². The molecule has 5 heteroatoms. The monoisotopic (exact) mass is 221 g/mol. The molecule has 0 aliphatic carbocycles. The molecular formula is C10H23NO4. The van der Waals surface area contributed by atoms with Crippen molar-refractivity contribution in [1.82, 2.24) is 5.32 Å². The van der Waals surface area contributed by atoms with E-state index in [-0.39, 0.29) is 13.3 Å². The highest BCUT2D eigenvalue weighted by Gasteiger charge is 2.23. The van der Waals surface area contributed by atoms with Crippen molar-refractivity contribution in [2.24, 2.45) is 0 Å². The maximum atomic E-state index is 11.0. The maximum Gasteiger partial charge on any atom is 0.407 e. The first-order chi connectivity index (χ1) is 7.02. The highest BCUT2D eigenvalue weighted by atomic mass is 16.5. The van der Waals surface area contributed by atoms with Gasteiger partial charge < -0.3 is 14.8 Å². The fourth-order valence-electron chi connectivity index (χ4n) is 0.871.